The molecule has 0 spiro atoms. The second-order valence-corrected chi connectivity index (χ2v) is 4.36. The van der Waals surface area contributed by atoms with E-state index in [2.05, 4.69) is 31.3 Å². The summed E-state index contributed by atoms with van der Waals surface area (Å²) >= 11 is 0. The van der Waals surface area contributed by atoms with Crippen molar-refractivity contribution in [2.24, 2.45) is 0 Å². The smallest absolute Gasteiger partial charge is 0.00142 e. The third kappa shape index (κ3) is 5.17. The summed E-state index contributed by atoms with van der Waals surface area (Å²) in [7, 11) is 0. The quantitative estimate of drug-likeness (QED) is 0.676. The number of hydrogen-bond donors (Lipinski definition) is 1. The molecule has 0 fully saturated rings. The van der Waals surface area contributed by atoms with Crippen LogP contribution < -0.4 is 5.32 Å². The highest BCUT2D eigenvalue weighted by atomic mass is 14.8. The number of nitrogens with one attached hydrogen (secondary N) is 1. The van der Waals surface area contributed by atoms with E-state index in [-0.39, 0.29) is 0 Å². The summed E-state index contributed by atoms with van der Waals surface area (Å²) in [4.78, 5) is 0. The van der Waals surface area contributed by atoms with Gasteiger partial charge in [-0.1, -0.05) is 31.1 Å². The van der Waals surface area contributed by atoms with Gasteiger partial charge in [-0.15, -0.1) is 0 Å². The van der Waals surface area contributed by atoms with Crippen LogP contribution in [0.15, 0.2) is 23.3 Å². The van der Waals surface area contributed by atoms with Gasteiger partial charge in [-0.3, -0.25) is 0 Å². The normalized spacial score (nSPS) is 18.5. The Bertz CT molecular complexity index is 225. The van der Waals surface area contributed by atoms with Gasteiger partial charge in [0.15, 0.2) is 0 Å². The van der Waals surface area contributed by atoms with Gasteiger partial charge >= 0.3 is 0 Å². The minimum Gasteiger partial charge on any atom is -0.317 e. The molecule has 0 saturated heterocycles. The maximum atomic E-state index is 3.35. The number of hydrogen-bond acceptors (Lipinski definition) is 1. The van der Waals surface area contributed by atoms with E-state index < -0.39 is 0 Å². The van der Waals surface area contributed by atoms with E-state index in [0.717, 1.165) is 19.5 Å². The summed E-state index contributed by atoms with van der Waals surface area (Å²) in [5, 5.41) is 3.35. The van der Waals surface area contributed by atoms with Crippen LogP contribution in [-0.4, -0.2) is 13.1 Å². The maximum Gasteiger partial charge on any atom is -0.00142 e. The maximum absolute atomic E-state index is 3.35. The van der Waals surface area contributed by atoms with Crippen molar-refractivity contribution in [3.63, 3.8) is 0 Å². The van der Waals surface area contributed by atoms with Crippen LogP contribution in [0, 0.1) is 0 Å². The van der Waals surface area contributed by atoms with Crippen LogP contribution in [0.1, 0.15) is 52.4 Å². The summed E-state index contributed by atoms with van der Waals surface area (Å²) in [5.41, 5.74) is 3.11. The average molecular weight is 207 g/mol. The van der Waals surface area contributed by atoms with Gasteiger partial charge in [0.2, 0.25) is 0 Å². The molecule has 15 heavy (non-hydrogen) atoms. The predicted molar refractivity (Wildman–Crippen MR) is 68.1 cm³/mol. The highest BCUT2D eigenvalue weighted by molar-refractivity contribution is 5.29. The molecule has 0 bridgehead atoms. The molecular weight excluding hydrogens is 182 g/mol. The molecule has 1 rings (SSSR count). The largest absolute Gasteiger partial charge is 0.317 e. The first-order chi connectivity index (χ1) is 7.34. The van der Waals surface area contributed by atoms with Crippen LogP contribution in [-0.2, 0) is 0 Å². The van der Waals surface area contributed by atoms with Gasteiger partial charge in [0, 0.05) is 0 Å². The summed E-state index contributed by atoms with van der Waals surface area (Å²) in [6.45, 7) is 6.62. The Morgan fingerprint density at radius 2 is 2.27 bits per heavy atom. The second-order valence-electron chi connectivity index (χ2n) is 4.36. The highest BCUT2D eigenvalue weighted by Gasteiger charge is 2.03. The van der Waals surface area contributed by atoms with Crippen LogP contribution in [0.5, 0.6) is 0 Å². The minimum absolute atomic E-state index is 1.08. The Hall–Kier alpha value is -0.560. The van der Waals surface area contributed by atoms with Crippen LogP contribution in [0.4, 0.5) is 0 Å². The molecule has 86 valence electrons. The molecule has 0 aromatic carbocycles. The fourth-order valence-electron chi connectivity index (χ4n) is 2.07. The molecule has 0 heterocycles. The lowest BCUT2D eigenvalue weighted by atomic mass is 10.0. The fraction of sp³-hybridized carbons (Fsp3) is 0.714. The van der Waals surface area contributed by atoms with Gasteiger partial charge < -0.3 is 5.32 Å². The Labute approximate surface area is 94.6 Å². The van der Waals surface area contributed by atoms with Gasteiger partial charge in [0.1, 0.15) is 0 Å². The van der Waals surface area contributed by atoms with Crippen molar-refractivity contribution < 1.29 is 0 Å². The molecule has 0 radical (unpaired) electrons. The zero-order valence-electron chi connectivity index (χ0n) is 10.3. The molecule has 0 aliphatic heterocycles. The molecule has 1 N–H and O–H groups in total. The molecular formula is C14H25N. The summed E-state index contributed by atoms with van der Waals surface area (Å²) in [6.07, 6.45) is 12.8. The lowest BCUT2D eigenvalue weighted by molar-refractivity contribution is 0.710. The second kappa shape index (κ2) is 7.70. The lowest BCUT2D eigenvalue weighted by Gasteiger charge is -2.06. The zero-order valence-corrected chi connectivity index (χ0v) is 10.3. The molecule has 0 aromatic heterocycles. The average Bonchev–Trinajstić information content (AvgIpc) is 2.52. The Morgan fingerprint density at radius 3 is 3.07 bits per heavy atom. The third-order valence-corrected chi connectivity index (χ3v) is 3.07. The molecule has 1 nitrogen and oxygen atoms in total. The fourth-order valence-corrected chi connectivity index (χ4v) is 2.07. The van der Waals surface area contributed by atoms with Crippen LogP contribution in [0.2, 0.25) is 0 Å². The van der Waals surface area contributed by atoms with E-state index >= 15 is 0 Å². The van der Waals surface area contributed by atoms with E-state index in [4.69, 9.17) is 0 Å². The first kappa shape index (κ1) is 12.5. The SMILES string of the molecule is CCNCC/C=C(/C)C1=CCCCCC1. The third-order valence-electron chi connectivity index (χ3n) is 3.07. The van der Waals surface area contributed by atoms with E-state index in [9.17, 15) is 0 Å². The predicted octanol–water partition coefficient (Wildman–Crippen LogP) is 3.82. The van der Waals surface area contributed by atoms with E-state index in [1.807, 2.05) is 0 Å². The summed E-state index contributed by atoms with van der Waals surface area (Å²) in [6, 6.07) is 0. The van der Waals surface area contributed by atoms with E-state index in [1.165, 1.54) is 37.7 Å². The molecule has 0 amide bonds. The van der Waals surface area contributed by atoms with E-state index in [0.29, 0.717) is 0 Å². The van der Waals surface area contributed by atoms with Gasteiger partial charge in [-0.25, -0.2) is 0 Å². The van der Waals surface area contributed by atoms with Gasteiger partial charge in [0.05, 0.1) is 0 Å². The first-order valence-corrected chi connectivity index (χ1v) is 6.41. The number of rotatable bonds is 5. The summed E-state index contributed by atoms with van der Waals surface area (Å²) in [5.74, 6) is 0. The van der Waals surface area contributed by atoms with E-state index in [1.54, 1.807) is 5.57 Å². The van der Waals surface area contributed by atoms with Gasteiger partial charge in [0.25, 0.3) is 0 Å². The highest BCUT2D eigenvalue weighted by Crippen LogP contribution is 2.22. The lowest BCUT2D eigenvalue weighted by Crippen LogP contribution is -2.13. The molecule has 0 saturated carbocycles. The van der Waals surface area contributed by atoms with Crippen molar-refractivity contribution in [1.29, 1.82) is 0 Å². The minimum atomic E-state index is 1.08. The van der Waals surface area contributed by atoms with Crippen molar-refractivity contribution in [3.8, 4) is 0 Å². The Balaban J connectivity index is 2.36. The molecule has 1 aliphatic rings. The molecule has 0 aromatic rings. The van der Waals surface area contributed by atoms with Gasteiger partial charge in [-0.2, -0.15) is 0 Å². The van der Waals surface area contributed by atoms with Crippen molar-refractivity contribution >= 4 is 0 Å². The Morgan fingerprint density at radius 1 is 1.40 bits per heavy atom. The van der Waals surface area contributed by atoms with Crippen molar-refractivity contribution in [2.45, 2.75) is 52.4 Å². The van der Waals surface area contributed by atoms with Crippen molar-refractivity contribution in [2.75, 3.05) is 13.1 Å². The molecule has 0 atom stereocenters. The molecule has 1 heteroatoms. The molecule has 1 aliphatic carbocycles. The van der Waals surface area contributed by atoms with Crippen LogP contribution in [0.25, 0.3) is 0 Å². The topological polar surface area (TPSA) is 12.0 Å². The standard InChI is InChI=1S/C14H25N/c1-3-15-12-8-9-13(2)14-10-6-4-5-7-11-14/h9-10,15H,3-8,11-12H2,1-2H3/b13-9-. The number of allylic oxidation sites excluding steroid dienone is 3. The first-order valence-electron chi connectivity index (χ1n) is 6.41. The Kier molecular flexibility index (Phi) is 6.42. The zero-order chi connectivity index (χ0) is 10.9. The van der Waals surface area contributed by atoms with Crippen molar-refractivity contribution in [1.82, 2.24) is 5.32 Å². The summed E-state index contributed by atoms with van der Waals surface area (Å²) < 4.78 is 0. The van der Waals surface area contributed by atoms with Crippen LogP contribution >= 0.6 is 0 Å². The molecule has 0 unspecified atom stereocenters. The monoisotopic (exact) mass is 207 g/mol. The van der Waals surface area contributed by atoms with Crippen molar-refractivity contribution in [3.05, 3.63) is 23.3 Å². The van der Waals surface area contributed by atoms with Crippen LogP contribution in [0.3, 0.4) is 0 Å². The van der Waals surface area contributed by atoms with Gasteiger partial charge in [-0.05, 0) is 57.7 Å².